The summed E-state index contributed by atoms with van der Waals surface area (Å²) in [4.78, 5) is 13.4. The fourth-order valence-electron chi connectivity index (χ4n) is 4.52. The fourth-order valence-corrected chi connectivity index (χ4v) is 5.28. The van der Waals surface area contributed by atoms with Crippen LogP contribution in [0, 0.1) is 5.41 Å². The third-order valence-electron chi connectivity index (χ3n) is 6.52. The summed E-state index contributed by atoms with van der Waals surface area (Å²) in [6.45, 7) is 8.74. The van der Waals surface area contributed by atoms with Crippen LogP contribution in [0.3, 0.4) is 0 Å². The van der Waals surface area contributed by atoms with Crippen molar-refractivity contribution < 1.29 is 13.2 Å². The molecule has 9 heteroatoms. The highest BCUT2D eigenvalue weighted by molar-refractivity contribution is 7.89. The van der Waals surface area contributed by atoms with Crippen LogP contribution < -0.4 is 21.9 Å². The zero-order valence-corrected chi connectivity index (χ0v) is 24.2. The average molecular weight is 582 g/mol. The van der Waals surface area contributed by atoms with Crippen molar-refractivity contribution in [3.63, 3.8) is 0 Å². The Morgan fingerprint density at radius 2 is 1.62 bits per heavy atom. The van der Waals surface area contributed by atoms with Crippen molar-refractivity contribution in [2.75, 3.05) is 11.1 Å². The van der Waals surface area contributed by atoms with E-state index in [9.17, 15) is 13.2 Å². The van der Waals surface area contributed by atoms with Crippen molar-refractivity contribution in [2.24, 2.45) is 10.9 Å². The lowest BCUT2D eigenvalue weighted by atomic mass is 9.85. The van der Waals surface area contributed by atoms with Crippen molar-refractivity contribution in [2.45, 2.75) is 24.2 Å². The minimum atomic E-state index is -3.89. The maximum atomic E-state index is 13.4. The molecule has 0 aliphatic rings. The molecule has 0 fully saturated rings. The van der Waals surface area contributed by atoms with Gasteiger partial charge < -0.3 is 16.8 Å². The van der Waals surface area contributed by atoms with Gasteiger partial charge in [0.15, 0.2) is 0 Å². The van der Waals surface area contributed by atoms with Gasteiger partial charge in [-0.05, 0) is 65.6 Å². The van der Waals surface area contributed by atoms with E-state index in [-0.39, 0.29) is 22.6 Å². The Morgan fingerprint density at radius 1 is 0.952 bits per heavy atom. The maximum absolute atomic E-state index is 13.4. The molecule has 1 amide bonds. The Kier molecular flexibility index (Phi) is 10.6. The number of sulfonamides is 1. The van der Waals surface area contributed by atoms with Crippen LogP contribution in [-0.2, 0) is 10.0 Å². The summed E-state index contributed by atoms with van der Waals surface area (Å²) in [5, 5.41) is 16.1. The van der Waals surface area contributed by atoms with E-state index in [2.05, 4.69) is 18.5 Å². The SMILES string of the molecule is C=CC=C.CCC(c1cccc(C(=N)N)c1)c1cc(N)ccc1C(=O)Nc1ccc(-c2ccccc2S(N)(=O)=O)cc1. The highest BCUT2D eigenvalue weighted by Crippen LogP contribution is 2.33. The number of anilines is 2. The monoisotopic (exact) mass is 581 g/mol. The molecule has 0 saturated carbocycles. The van der Waals surface area contributed by atoms with E-state index in [0.29, 0.717) is 40.0 Å². The van der Waals surface area contributed by atoms with E-state index in [4.69, 9.17) is 22.0 Å². The number of hydrogen-bond donors (Lipinski definition) is 5. The first-order chi connectivity index (χ1) is 20.0. The van der Waals surface area contributed by atoms with Crippen LogP contribution in [0.2, 0.25) is 0 Å². The first-order valence-corrected chi connectivity index (χ1v) is 14.7. The normalized spacial score (nSPS) is 11.4. The number of nitrogens with two attached hydrogens (primary N) is 3. The molecule has 0 bridgehead atoms. The third kappa shape index (κ3) is 7.81. The van der Waals surface area contributed by atoms with Gasteiger partial charge in [-0.2, -0.15) is 0 Å². The minimum absolute atomic E-state index is 0.0256. The standard InChI is InChI=1S/C29H29N5O3S.C4H6/c1-2-23(19-6-5-7-20(16-19)28(31)32)26-17-21(30)12-15-25(26)29(35)34-22-13-10-18(11-14-22)24-8-3-4-9-27(24)38(33,36)37;1-3-4-2/h3-17,23H,2,30H2,1H3,(H3,31,32)(H,34,35)(H2,33,36,37);3-4H,1-2H2. The highest BCUT2D eigenvalue weighted by Gasteiger charge is 2.21. The summed E-state index contributed by atoms with van der Waals surface area (Å²) in [7, 11) is -3.89. The van der Waals surface area contributed by atoms with E-state index in [1.54, 1.807) is 78.9 Å². The summed E-state index contributed by atoms with van der Waals surface area (Å²) >= 11 is 0. The number of amidine groups is 1. The summed E-state index contributed by atoms with van der Waals surface area (Å²) in [5.74, 6) is -0.475. The second kappa shape index (κ2) is 14.1. The Bertz CT molecular complexity index is 1710. The second-order valence-corrected chi connectivity index (χ2v) is 10.9. The van der Waals surface area contributed by atoms with Crippen molar-refractivity contribution in [1.82, 2.24) is 0 Å². The smallest absolute Gasteiger partial charge is 0.255 e. The molecule has 4 aromatic rings. The van der Waals surface area contributed by atoms with Crippen molar-refractivity contribution in [1.29, 1.82) is 5.41 Å². The van der Waals surface area contributed by atoms with Crippen molar-refractivity contribution >= 4 is 33.1 Å². The van der Waals surface area contributed by atoms with E-state index in [1.165, 1.54) is 6.07 Å². The summed E-state index contributed by atoms with van der Waals surface area (Å²) in [6.07, 6.45) is 3.98. The predicted molar refractivity (Wildman–Crippen MR) is 172 cm³/mol. The van der Waals surface area contributed by atoms with Crippen LogP contribution in [0.15, 0.2) is 121 Å². The van der Waals surface area contributed by atoms with Crippen LogP contribution in [0.5, 0.6) is 0 Å². The lowest BCUT2D eigenvalue weighted by molar-refractivity contribution is 0.102. The number of allylic oxidation sites excluding steroid dienone is 2. The Hall–Kier alpha value is -4.99. The molecule has 0 aliphatic heterocycles. The Balaban J connectivity index is 0.00000114. The molecule has 0 aliphatic carbocycles. The van der Waals surface area contributed by atoms with Crippen molar-refractivity contribution in [3.8, 4) is 11.1 Å². The molecular formula is C33H35N5O3S. The lowest BCUT2D eigenvalue weighted by Gasteiger charge is -2.21. The molecule has 4 rings (SSSR count). The van der Waals surface area contributed by atoms with E-state index >= 15 is 0 Å². The predicted octanol–water partition coefficient (Wildman–Crippen LogP) is 6.02. The highest BCUT2D eigenvalue weighted by atomic mass is 32.2. The number of carbonyl (C=O) groups is 1. The largest absolute Gasteiger partial charge is 0.399 e. The summed E-state index contributed by atoms with van der Waals surface area (Å²) < 4.78 is 24.0. The first kappa shape index (κ1) is 31.5. The maximum Gasteiger partial charge on any atom is 0.255 e. The van der Waals surface area contributed by atoms with E-state index in [0.717, 1.165) is 11.1 Å². The third-order valence-corrected chi connectivity index (χ3v) is 7.49. The van der Waals surface area contributed by atoms with E-state index in [1.807, 2.05) is 25.1 Å². The van der Waals surface area contributed by atoms with Crippen LogP contribution in [0.4, 0.5) is 11.4 Å². The molecule has 216 valence electrons. The fraction of sp³-hybridized carbons (Fsp3) is 0.0909. The van der Waals surface area contributed by atoms with Gasteiger partial charge in [0.1, 0.15) is 5.84 Å². The molecule has 4 aromatic carbocycles. The second-order valence-electron chi connectivity index (χ2n) is 9.39. The molecular weight excluding hydrogens is 546 g/mol. The molecule has 8 N–H and O–H groups in total. The van der Waals surface area contributed by atoms with Gasteiger partial charge in [0, 0.05) is 34.0 Å². The number of nitrogens with one attached hydrogen (secondary N) is 2. The molecule has 0 saturated heterocycles. The topological polar surface area (TPSA) is 165 Å². The first-order valence-electron chi connectivity index (χ1n) is 13.1. The van der Waals surface area contributed by atoms with Gasteiger partial charge >= 0.3 is 0 Å². The molecule has 0 heterocycles. The molecule has 0 spiro atoms. The number of primary sulfonamides is 1. The number of rotatable bonds is 9. The molecule has 1 atom stereocenters. The van der Waals surface area contributed by atoms with Crippen LogP contribution in [-0.4, -0.2) is 20.2 Å². The Labute approximate surface area is 247 Å². The number of benzene rings is 4. The molecule has 0 radical (unpaired) electrons. The van der Waals surface area contributed by atoms with Crippen molar-refractivity contribution in [3.05, 3.63) is 139 Å². The van der Waals surface area contributed by atoms with Gasteiger partial charge in [0.2, 0.25) is 10.0 Å². The summed E-state index contributed by atoms with van der Waals surface area (Å²) in [6, 6.07) is 26.0. The van der Waals surface area contributed by atoms with Gasteiger partial charge in [-0.25, -0.2) is 13.6 Å². The molecule has 8 nitrogen and oxygen atoms in total. The van der Waals surface area contributed by atoms with Crippen LogP contribution >= 0.6 is 0 Å². The molecule has 1 unspecified atom stereocenters. The van der Waals surface area contributed by atoms with Gasteiger partial charge in [-0.1, -0.05) is 80.8 Å². The van der Waals surface area contributed by atoms with Gasteiger partial charge in [0.05, 0.1) is 4.90 Å². The molecule has 42 heavy (non-hydrogen) atoms. The number of carbonyl (C=O) groups excluding carboxylic acids is 1. The molecule has 0 aromatic heterocycles. The van der Waals surface area contributed by atoms with Gasteiger partial charge in [0.25, 0.3) is 5.91 Å². The van der Waals surface area contributed by atoms with Gasteiger partial charge in [-0.15, -0.1) is 0 Å². The number of nitrogen functional groups attached to an aromatic ring is 2. The Morgan fingerprint density at radius 3 is 2.21 bits per heavy atom. The zero-order chi connectivity index (χ0) is 30.9. The lowest BCUT2D eigenvalue weighted by Crippen LogP contribution is -2.17. The van der Waals surface area contributed by atoms with Gasteiger partial charge in [-0.3, -0.25) is 10.2 Å². The number of amides is 1. The van der Waals surface area contributed by atoms with E-state index < -0.39 is 10.0 Å². The zero-order valence-electron chi connectivity index (χ0n) is 23.4. The van der Waals surface area contributed by atoms with Crippen LogP contribution in [0.1, 0.15) is 46.3 Å². The number of hydrogen-bond acceptors (Lipinski definition) is 5. The average Bonchev–Trinajstić information content (AvgIpc) is 2.98. The minimum Gasteiger partial charge on any atom is -0.399 e. The quantitative estimate of drug-likeness (QED) is 0.0704. The van der Waals surface area contributed by atoms with Crippen LogP contribution in [0.25, 0.3) is 11.1 Å². The summed E-state index contributed by atoms with van der Waals surface area (Å²) in [5.41, 5.74) is 16.8.